The average Bonchev–Trinajstić information content (AvgIpc) is 3.33. The van der Waals surface area contributed by atoms with Crippen LogP contribution in [-0.4, -0.2) is 29.1 Å². The van der Waals surface area contributed by atoms with Crippen LogP contribution < -0.4 is 19.5 Å². The van der Waals surface area contributed by atoms with Gasteiger partial charge in [-0.25, -0.2) is 9.97 Å². The number of amides is 1. The molecule has 0 saturated heterocycles. The first-order valence-electron chi connectivity index (χ1n) is 11.4. The van der Waals surface area contributed by atoms with Crippen LogP contribution in [0.5, 0.6) is 23.1 Å². The number of thiazole rings is 1. The number of nitrogens with zero attached hydrogens (tertiary/aromatic N) is 2. The van der Waals surface area contributed by atoms with Crippen molar-refractivity contribution >= 4 is 17.2 Å². The van der Waals surface area contributed by atoms with Crippen LogP contribution in [0.1, 0.15) is 25.1 Å². The predicted molar refractivity (Wildman–Crippen MR) is 136 cm³/mol. The molecule has 1 amide bonds. The number of hydrogen-bond donors (Lipinski definition) is 1. The van der Waals surface area contributed by atoms with Gasteiger partial charge >= 0.3 is 0 Å². The van der Waals surface area contributed by atoms with Crippen LogP contribution in [0.25, 0.3) is 10.6 Å². The number of aromatic nitrogens is 2. The summed E-state index contributed by atoms with van der Waals surface area (Å²) in [6.45, 7) is 5.45. The van der Waals surface area contributed by atoms with E-state index in [2.05, 4.69) is 15.3 Å². The molecule has 0 unspecified atom stereocenters. The number of hydrogen-bond acceptors (Lipinski definition) is 7. The minimum atomic E-state index is -0.106. The Labute approximate surface area is 208 Å². The van der Waals surface area contributed by atoms with Gasteiger partial charge in [-0.15, -0.1) is 11.3 Å². The summed E-state index contributed by atoms with van der Waals surface area (Å²) in [6.07, 6.45) is 1.86. The maximum atomic E-state index is 12.5. The number of ether oxygens (including phenoxy) is 3. The van der Waals surface area contributed by atoms with Crippen molar-refractivity contribution < 1.29 is 19.0 Å². The Balaban J connectivity index is 1.32. The van der Waals surface area contributed by atoms with Crippen LogP contribution in [0.15, 0.2) is 72.2 Å². The molecule has 0 bridgehead atoms. The highest BCUT2D eigenvalue weighted by Gasteiger charge is 2.12. The Bertz CT molecular complexity index is 1260. The zero-order chi connectivity index (χ0) is 24.5. The number of pyridine rings is 1. The lowest BCUT2D eigenvalue weighted by molar-refractivity contribution is -0.120. The van der Waals surface area contributed by atoms with Crippen molar-refractivity contribution in [1.82, 2.24) is 15.3 Å². The van der Waals surface area contributed by atoms with E-state index in [9.17, 15) is 4.79 Å². The average molecular weight is 490 g/mol. The minimum absolute atomic E-state index is 0.106. The van der Waals surface area contributed by atoms with Crippen LogP contribution in [0.3, 0.4) is 0 Å². The first kappa shape index (κ1) is 24.2. The molecular formula is C27H27N3O4S. The summed E-state index contributed by atoms with van der Waals surface area (Å²) < 4.78 is 17.0. The first-order valence-corrected chi connectivity index (χ1v) is 12.3. The third-order valence-corrected chi connectivity index (χ3v) is 5.88. The van der Waals surface area contributed by atoms with Gasteiger partial charge in [-0.2, -0.15) is 0 Å². The van der Waals surface area contributed by atoms with E-state index in [0.29, 0.717) is 31.4 Å². The molecule has 2 aromatic carbocycles. The topological polar surface area (TPSA) is 82.6 Å². The standard InChI is InChI=1S/C27H27N3O4S/c1-3-32-21-9-11-22(12-10-21)34-26-15-19(13-14-28-26)17-29-25(31)16-20-18-35-27(30-20)23-7-5-6-8-24(23)33-4-2/h5-15,18H,3-4,16-17H2,1-2H3,(H,29,31). The lowest BCUT2D eigenvalue weighted by Crippen LogP contribution is -2.24. The highest BCUT2D eigenvalue weighted by atomic mass is 32.1. The Morgan fingerprint density at radius 1 is 0.971 bits per heavy atom. The molecule has 8 heteroatoms. The molecule has 0 aliphatic rings. The molecule has 4 rings (SSSR count). The van der Waals surface area contributed by atoms with E-state index in [1.807, 2.05) is 79.9 Å². The second-order valence-corrected chi connectivity index (χ2v) is 8.39. The van der Waals surface area contributed by atoms with Crippen molar-refractivity contribution in [1.29, 1.82) is 0 Å². The van der Waals surface area contributed by atoms with Gasteiger partial charge in [0.25, 0.3) is 0 Å². The van der Waals surface area contributed by atoms with Crippen molar-refractivity contribution in [3.63, 3.8) is 0 Å². The van der Waals surface area contributed by atoms with Gasteiger partial charge in [0, 0.05) is 24.2 Å². The van der Waals surface area contributed by atoms with Gasteiger partial charge in [0.15, 0.2) is 0 Å². The smallest absolute Gasteiger partial charge is 0.226 e. The fourth-order valence-corrected chi connectivity index (χ4v) is 4.22. The molecule has 0 saturated carbocycles. The van der Waals surface area contributed by atoms with E-state index >= 15 is 0 Å². The van der Waals surface area contributed by atoms with E-state index in [-0.39, 0.29) is 12.3 Å². The van der Waals surface area contributed by atoms with Crippen LogP contribution in [-0.2, 0) is 17.8 Å². The van der Waals surface area contributed by atoms with Crippen molar-refractivity contribution in [2.75, 3.05) is 13.2 Å². The maximum absolute atomic E-state index is 12.5. The van der Waals surface area contributed by atoms with Gasteiger partial charge in [0.1, 0.15) is 22.3 Å². The molecule has 0 atom stereocenters. The van der Waals surface area contributed by atoms with Crippen LogP contribution in [0.4, 0.5) is 0 Å². The first-order chi connectivity index (χ1) is 17.1. The molecule has 180 valence electrons. The van der Waals surface area contributed by atoms with E-state index in [1.54, 1.807) is 6.20 Å². The van der Waals surface area contributed by atoms with Gasteiger partial charge in [0.05, 0.1) is 30.9 Å². The molecular weight excluding hydrogens is 462 g/mol. The van der Waals surface area contributed by atoms with Crippen molar-refractivity contribution in [3.8, 4) is 33.7 Å². The predicted octanol–water partition coefficient (Wildman–Crippen LogP) is 5.65. The molecule has 0 aliphatic carbocycles. The van der Waals surface area contributed by atoms with Crippen molar-refractivity contribution in [2.24, 2.45) is 0 Å². The number of benzene rings is 2. The maximum Gasteiger partial charge on any atom is 0.226 e. The molecule has 0 aliphatic heterocycles. The number of para-hydroxylation sites is 1. The Morgan fingerprint density at radius 2 is 1.74 bits per heavy atom. The Kier molecular flexibility index (Phi) is 8.30. The molecule has 0 spiro atoms. The largest absolute Gasteiger partial charge is 0.494 e. The van der Waals surface area contributed by atoms with E-state index in [0.717, 1.165) is 33.3 Å². The zero-order valence-electron chi connectivity index (χ0n) is 19.7. The summed E-state index contributed by atoms with van der Waals surface area (Å²) >= 11 is 1.50. The quantitative estimate of drug-likeness (QED) is 0.293. The summed E-state index contributed by atoms with van der Waals surface area (Å²) in [5.74, 6) is 2.59. The lowest BCUT2D eigenvalue weighted by atomic mass is 10.2. The molecule has 2 aromatic heterocycles. The number of nitrogens with one attached hydrogen (secondary N) is 1. The molecule has 4 aromatic rings. The lowest BCUT2D eigenvalue weighted by Gasteiger charge is -2.09. The SMILES string of the molecule is CCOc1ccc(Oc2cc(CNC(=O)Cc3csc(-c4ccccc4OCC)n3)ccn2)cc1. The van der Waals surface area contributed by atoms with E-state index < -0.39 is 0 Å². The third-order valence-electron chi connectivity index (χ3n) is 4.96. The molecule has 2 heterocycles. The summed E-state index contributed by atoms with van der Waals surface area (Å²) in [7, 11) is 0. The molecule has 0 radical (unpaired) electrons. The summed E-state index contributed by atoms with van der Waals surface area (Å²) in [5, 5.41) is 5.69. The number of carbonyl (C=O) groups excluding carboxylic acids is 1. The number of rotatable bonds is 11. The van der Waals surface area contributed by atoms with Crippen LogP contribution in [0.2, 0.25) is 0 Å². The Hall–Kier alpha value is -3.91. The molecule has 35 heavy (non-hydrogen) atoms. The third kappa shape index (κ3) is 6.80. The van der Waals surface area contributed by atoms with Crippen LogP contribution in [0, 0.1) is 0 Å². The van der Waals surface area contributed by atoms with Crippen molar-refractivity contribution in [2.45, 2.75) is 26.8 Å². The van der Waals surface area contributed by atoms with Gasteiger partial charge in [-0.1, -0.05) is 12.1 Å². The number of carbonyl (C=O) groups is 1. The van der Waals surface area contributed by atoms with Gasteiger partial charge in [0.2, 0.25) is 11.8 Å². The second-order valence-electron chi connectivity index (χ2n) is 7.54. The fourth-order valence-electron chi connectivity index (χ4n) is 3.37. The van der Waals surface area contributed by atoms with Gasteiger partial charge in [-0.3, -0.25) is 4.79 Å². The summed E-state index contributed by atoms with van der Waals surface area (Å²) in [5.41, 5.74) is 2.55. The summed E-state index contributed by atoms with van der Waals surface area (Å²) in [4.78, 5) is 21.4. The van der Waals surface area contributed by atoms with Crippen LogP contribution >= 0.6 is 11.3 Å². The van der Waals surface area contributed by atoms with E-state index in [1.165, 1.54) is 11.3 Å². The molecule has 0 fully saturated rings. The monoisotopic (exact) mass is 489 g/mol. The van der Waals surface area contributed by atoms with Gasteiger partial charge in [-0.05, 0) is 61.9 Å². The summed E-state index contributed by atoms with van der Waals surface area (Å²) in [6, 6.07) is 18.8. The second kappa shape index (κ2) is 12.0. The molecule has 7 nitrogen and oxygen atoms in total. The highest BCUT2D eigenvalue weighted by Crippen LogP contribution is 2.32. The Morgan fingerprint density at radius 3 is 2.54 bits per heavy atom. The van der Waals surface area contributed by atoms with Crippen molar-refractivity contribution in [3.05, 3.63) is 83.5 Å². The molecule has 1 N–H and O–H groups in total. The highest BCUT2D eigenvalue weighted by molar-refractivity contribution is 7.13. The normalized spacial score (nSPS) is 10.6. The van der Waals surface area contributed by atoms with E-state index in [4.69, 9.17) is 14.2 Å². The minimum Gasteiger partial charge on any atom is -0.494 e. The zero-order valence-corrected chi connectivity index (χ0v) is 20.5. The van der Waals surface area contributed by atoms with Gasteiger partial charge < -0.3 is 19.5 Å². The fraction of sp³-hybridized carbons (Fsp3) is 0.222.